The second kappa shape index (κ2) is 8.04. The van der Waals surface area contributed by atoms with E-state index in [-0.39, 0.29) is 28.4 Å². The van der Waals surface area contributed by atoms with Crippen LogP contribution in [0.5, 0.6) is 5.75 Å². The van der Waals surface area contributed by atoms with Gasteiger partial charge in [0.2, 0.25) is 0 Å². The van der Waals surface area contributed by atoms with Gasteiger partial charge in [-0.2, -0.15) is 0 Å². The summed E-state index contributed by atoms with van der Waals surface area (Å²) in [6, 6.07) is 11.2. The first-order valence-corrected chi connectivity index (χ1v) is 8.68. The number of rotatable bonds is 5. The van der Waals surface area contributed by atoms with Crippen molar-refractivity contribution in [3.8, 4) is 5.75 Å². The summed E-state index contributed by atoms with van der Waals surface area (Å²) in [5.41, 5.74) is -0.971. The van der Waals surface area contributed by atoms with E-state index in [1.165, 1.54) is 36.4 Å². The van der Waals surface area contributed by atoms with Gasteiger partial charge in [0.05, 0.1) is 5.56 Å². The topological polar surface area (TPSA) is 85.6 Å². The predicted molar refractivity (Wildman–Crippen MR) is 101 cm³/mol. The molecule has 0 radical (unpaired) electrons. The minimum Gasteiger partial charge on any atom is -0.423 e. The Kier molecular flexibility index (Phi) is 5.54. The Hall–Kier alpha value is -3.48. The number of esters is 1. The highest BCUT2D eigenvalue weighted by atomic mass is 19.1. The molecule has 0 atom stereocenters. The molecule has 2 aromatic carbocycles. The average molecular weight is 383 g/mol. The SMILES string of the molecule is CC(C)CNC(=O)c1cc2ccc(OC(=O)c3ccccc3F)cc2oc1=O. The molecule has 0 aliphatic carbocycles. The van der Waals surface area contributed by atoms with Gasteiger partial charge in [0, 0.05) is 18.0 Å². The molecular weight excluding hydrogens is 365 g/mol. The van der Waals surface area contributed by atoms with Gasteiger partial charge in [-0.3, -0.25) is 4.79 Å². The lowest BCUT2D eigenvalue weighted by Gasteiger charge is -2.08. The molecule has 0 aliphatic rings. The predicted octanol–water partition coefficient (Wildman–Crippen LogP) is 3.54. The van der Waals surface area contributed by atoms with E-state index in [2.05, 4.69) is 5.32 Å². The number of nitrogens with one attached hydrogen (secondary N) is 1. The number of hydrogen-bond acceptors (Lipinski definition) is 5. The van der Waals surface area contributed by atoms with Gasteiger partial charge in [-0.25, -0.2) is 14.0 Å². The summed E-state index contributed by atoms with van der Waals surface area (Å²) in [5, 5.41) is 3.15. The summed E-state index contributed by atoms with van der Waals surface area (Å²) >= 11 is 0. The van der Waals surface area contributed by atoms with Crippen LogP contribution in [0.3, 0.4) is 0 Å². The zero-order valence-electron chi connectivity index (χ0n) is 15.3. The molecule has 0 spiro atoms. The second-order valence-corrected chi connectivity index (χ2v) is 6.62. The Morgan fingerprint density at radius 3 is 2.57 bits per heavy atom. The molecule has 0 bridgehead atoms. The van der Waals surface area contributed by atoms with Gasteiger partial charge >= 0.3 is 11.6 Å². The minimum absolute atomic E-state index is 0.0842. The molecule has 7 heteroatoms. The van der Waals surface area contributed by atoms with Crippen molar-refractivity contribution in [1.29, 1.82) is 0 Å². The molecule has 1 heterocycles. The van der Waals surface area contributed by atoms with Crippen LogP contribution in [0.15, 0.2) is 57.7 Å². The van der Waals surface area contributed by atoms with Crippen molar-refractivity contribution in [3.63, 3.8) is 0 Å². The fourth-order valence-electron chi connectivity index (χ4n) is 2.49. The van der Waals surface area contributed by atoms with Crippen molar-refractivity contribution in [2.75, 3.05) is 6.54 Å². The van der Waals surface area contributed by atoms with Crippen molar-refractivity contribution < 1.29 is 23.1 Å². The number of ether oxygens (including phenoxy) is 1. The maximum atomic E-state index is 13.7. The third kappa shape index (κ3) is 4.25. The Morgan fingerprint density at radius 2 is 1.86 bits per heavy atom. The van der Waals surface area contributed by atoms with Crippen molar-refractivity contribution >= 4 is 22.8 Å². The first-order valence-electron chi connectivity index (χ1n) is 8.68. The highest BCUT2D eigenvalue weighted by Crippen LogP contribution is 2.22. The molecule has 0 unspecified atom stereocenters. The molecular formula is C21H18FNO5. The summed E-state index contributed by atoms with van der Waals surface area (Å²) in [5.74, 6) is -1.76. The van der Waals surface area contributed by atoms with Crippen LogP contribution < -0.4 is 15.7 Å². The molecule has 28 heavy (non-hydrogen) atoms. The quantitative estimate of drug-likeness (QED) is 0.414. The molecule has 0 aliphatic heterocycles. The Labute approximate surface area is 159 Å². The van der Waals surface area contributed by atoms with Crippen LogP contribution in [0.2, 0.25) is 0 Å². The summed E-state index contributed by atoms with van der Waals surface area (Å²) in [6.45, 7) is 4.31. The average Bonchev–Trinajstić information content (AvgIpc) is 2.65. The van der Waals surface area contributed by atoms with Gasteiger partial charge in [-0.1, -0.05) is 26.0 Å². The molecule has 1 N–H and O–H groups in total. The van der Waals surface area contributed by atoms with Crippen molar-refractivity contribution in [1.82, 2.24) is 5.32 Å². The van der Waals surface area contributed by atoms with Crippen molar-refractivity contribution in [2.45, 2.75) is 13.8 Å². The largest absolute Gasteiger partial charge is 0.423 e. The summed E-state index contributed by atoms with van der Waals surface area (Å²) in [6.07, 6.45) is 0. The lowest BCUT2D eigenvalue weighted by atomic mass is 10.1. The van der Waals surface area contributed by atoms with Gasteiger partial charge in [-0.05, 0) is 36.2 Å². The van der Waals surface area contributed by atoms with Crippen LogP contribution in [-0.2, 0) is 0 Å². The Balaban J connectivity index is 1.85. The number of halogens is 1. The fraction of sp³-hybridized carbons (Fsp3) is 0.190. The Morgan fingerprint density at radius 1 is 1.11 bits per heavy atom. The summed E-state index contributed by atoms with van der Waals surface area (Å²) < 4.78 is 24.0. The van der Waals surface area contributed by atoms with Crippen molar-refractivity contribution in [2.24, 2.45) is 5.92 Å². The minimum atomic E-state index is -0.871. The highest BCUT2D eigenvalue weighted by molar-refractivity contribution is 5.97. The molecule has 0 fully saturated rings. The maximum Gasteiger partial charge on any atom is 0.349 e. The zero-order valence-corrected chi connectivity index (χ0v) is 15.3. The van der Waals surface area contributed by atoms with Gasteiger partial charge in [0.25, 0.3) is 5.91 Å². The number of carbonyl (C=O) groups excluding carboxylic acids is 2. The molecule has 0 saturated carbocycles. The van der Waals surface area contributed by atoms with E-state index < -0.39 is 23.3 Å². The molecule has 0 saturated heterocycles. The third-order valence-electron chi connectivity index (χ3n) is 3.93. The molecule has 1 aromatic heterocycles. The van der Waals surface area contributed by atoms with Crippen molar-refractivity contribution in [3.05, 3.63) is 75.9 Å². The van der Waals surface area contributed by atoms with Crippen LogP contribution in [0.25, 0.3) is 11.0 Å². The standard InChI is InChI=1S/C21H18FNO5/c1-12(2)11-23-19(24)16-9-13-7-8-14(10-18(13)28-21(16)26)27-20(25)15-5-3-4-6-17(15)22/h3-10,12H,11H2,1-2H3,(H,23,24). The lowest BCUT2D eigenvalue weighted by Crippen LogP contribution is -2.31. The molecule has 144 valence electrons. The summed E-state index contributed by atoms with van der Waals surface area (Å²) in [7, 11) is 0. The van der Waals surface area contributed by atoms with E-state index in [1.807, 2.05) is 13.8 Å². The zero-order chi connectivity index (χ0) is 20.3. The van der Waals surface area contributed by atoms with E-state index in [1.54, 1.807) is 6.07 Å². The first kappa shape index (κ1) is 19.3. The van der Waals surface area contributed by atoms with Crippen LogP contribution in [0.1, 0.15) is 34.6 Å². The normalized spacial score (nSPS) is 10.9. The molecule has 3 rings (SSSR count). The number of amides is 1. The highest BCUT2D eigenvalue weighted by Gasteiger charge is 2.16. The second-order valence-electron chi connectivity index (χ2n) is 6.62. The van der Waals surface area contributed by atoms with Crippen LogP contribution in [0, 0.1) is 11.7 Å². The number of carbonyl (C=O) groups is 2. The van der Waals surface area contributed by atoms with Gasteiger partial charge in [0.15, 0.2) is 0 Å². The lowest BCUT2D eigenvalue weighted by molar-refractivity contribution is 0.0730. The monoisotopic (exact) mass is 383 g/mol. The van der Waals surface area contributed by atoms with E-state index in [9.17, 15) is 18.8 Å². The van der Waals surface area contributed by atoms with Gasteiger partial charge in [-0.15, -0.1) is 0 Å². The third-order valence-corrected chi connectivity index (χ3v) is 3.93. The first-order chi connectivity index (χ1) is 13.3. The van der Waals surface area contributed by atoms with E-state index in [0.29, 0.717) is 11.9 Å². The Bertz CT molecular complexity index is 1100. The van der Waals surface area contributed by atoms with Crippen LogP contribution in [0.4, 0.5) is 4.39 Å². The molecule has 3 aromatic rings. The number of fused-ring (bicyclic) bond motifs is 1. The van der Waals surface area contributed by atoms with E-state index in [0.717, 1.165) is 6.07 Å². The molecule has 6 nitrogen and oxygen atoms in total. The fourth-order valence-corrected chi connectivity index (χ4v) is 2.49. The maximum absolute atomic E-state index is 13.7. The molecule has 1 amide bonds. The smallest absolute Gasteiger partial charge is 0.349 e. The number of benzene rings is 2. The summed E-state index contributed by atoms with van der Waals surface area (Å²) in [4.78, 5) is 36.4. The van der Waals surface area contributed by atoms with E-state index in [4.69, 9.17) is 9.15 Å². The van der Waals surface area contributed by atoms with Crippen LogP contribution in [-0.4, -0.2) is 18.4 Å². The van der Waals surface area contributed by atoms with Gasteiger partial charge in [0.1, 0.15) is 22.7 Å². The number of hydrogen-bond donors (Lipinski definition) is 1. The van der Waals surface area contributed by atoms with Gasteiger partial charge < -0.3 is 14.5 Å². The van der Waals surface area contributed by atoms with E-state index >= 15 is 0 Å². The van der Waals surface area contributed by atoms with Crippen LogP contribution >= 0.6 is 0 Å².